The highest BCUT2D eigenvalue weighted by Crippen LogP contribution is 2.47. The molecular weight excluding hydrogens is 170 g/mol. The number of hydrogen-bond acceptors (Lipinski definition) is 1. The molecule has 74 valence electrons. The second kappa shape index (κ2) is 2.83. The molecule has 1 aliphatic carbocycles. The van der Waals surface area contributed by atoms with E-state index in [1.165, 1.54) is 31.4 Å². The van der Waals surface area contributed by atoms with E-state index in [1.54, 1.807) is 5.56 Å². The van der Waals surface area contributed by atoms with Gasteiger partial charge in [-0.15, -0.1) is 0 Å². The highest BCUT2D eigenvalue weighted by atomic mass is 15.0. The Bertz CT molecular complexity index is 348. The fourth-order valence-corrected chi connectivity index (χ4v) is 3.27. The summed E-state index contributed by atoms with van der Waals surface area (Å²) >= 11 is 0. The lowest BCUT2D eigenvalue weighted by atomic mass is 9.86. The molecule has 2 aliphatic rings. The zero-order chi connectivity index (χ0) is 9.60. The minimum Gasteiger partial charge on any atom is -0.307 e. The number of fused-ring (bicyclic) bond motifs is 2. The molecule has 1 saturated carbocycles. The van der Waals surface area contributed by atoms with E-state index >= 15 is 0 Å². The molecule has 0 radical (unpaired) electrons. The topological polar surface area (TPSA) is 12.0 Å². The molecule has 2 unspecified atom stereocenters. The zero-order valence-electron chi connectivity index (χ0n) is 8.72. The van der Waals surface area contributed by atoms with Crippen LogP contribution in [0.4, 0.5) is 0 Å². The van der Waals surface area contributed by atoms with Crippen molar-refractivity contribution in [3.63, 3.8) is 0 Å². The number of hydrogen-bond donors (Lipinski definition) is 1. The number of aryl methyl sites for hydroxylation is 1. The third-order valence-corrected chi connectivity index (χ3v) is 4.01. The quantitative estimate of drug-likeness (QED) is 0.712. The van der Waals surface area contributed by atoms with Gasteiger partial charge in [0.1, 0.15) is 0 Å². The Morgan fingerprint density at radius 3 is 2.79 bits per heavy atom. The van der Waals surface area contributed by atoms with Crippen LogP contribution in [0.2, 0.25) is 0 Å². The summed E-state index contributed by atoms with van der Waals surface area (Å²) in [4.78, 5) is 0. The minimum absolute atomic E-state index is 0.343. The maximum atomic E-state index is 3.73. The minimum atomic E-state index is 0.343. The Balaban J connectivity index is 2.06. The molecule has 0 amide bonds. The van der Waals surface area contributed by atoms with Crippen LogP contribution in [0, 0.1) is 12.8 Å². The average molecular weight is 187 g/mol. The second-order valence-electron chi connectivity index (χ2n) is 4.89. The molecule has 2 bridgehead atoms. The van der Waals surface area contributed by atoms with Crippen LogP contribution < -0.4 is 5.32 Å². The van der Waals surface area contributed by atoms with E-state index in [1.807, 2.05) is 0 Å². The predicted molar refractivity (Wildman–Crippen MR) is 58.2 cm³/mol. The molecule has 0 spiro atoms. The van der Waals surface area contributed by atoms with Crippen LogP contribution in [0.1, 0.15) is 30.4 Å². The lowest BCUT2D eigenvalue weighted by molar-refractivity contribution is 0.372. The van der Waals surface area contributed by atoms with E-state index in [4.69, 9.17) is 0 Å². The van der Waals surface area contributed by atoms with Gasteiger partial charge in [-0.05, 0) is 49.8 Å². The molecule has 1 aliphatic heterocycles. The summed E-state index contributed by atoms with van der Waals surface area (Å²) in [5.74, 6) is 0.939. The van der Waals surface area contributed by atoms with Gasteiger partial charge in [-0.3, -0.25) is 0 Å². The first kappa shape index (κ1) is 8.49. The molecule has 1 saturated heterocycles. The van der Waals surface area contributed by atoms with Crippen molar-refractivity contribution in [2.45, 2.75) is 31.7 Å². The van der Waals surface area contributed by atoms with Gasteiger partial charge in [0.25, 0.3) is 0 Å². The Hall–Kier alpha value is -0.820. The van der Waals surface area contributed by atoms with Gasteiger partial charge in [0, 0.05) is 5.54 Å². The monoisotopic (exact) mass is 187 g/mol. The lowest BCUT2D eigenvalue weighted by Gasteiger charge is -2.30. The highest BCUT2D eigenvalue weighted by molar-refractivity contribution is 5.35. The number of benzene rings is 1. The third kappa shape index (κ3) is 1.05. The van der Waals surface area contributed by atoms with E-state index in [-0.39, 0.29) is 0 Å². The summed E-state index contributed by atoms with van der Waals surface area (Å²) < 4.78 is 0. The predicted octanol–water partition coefficient (Wildman–Crippen LogP) is 2.59. The normalized spacial score (nSPS) is 35.1. The molecule has 1 heteroatoms. The Labute approximate surface area is 85.5 Å². The summed E-state index contributed by atoms with van der Waals surface area (Å²) in [5, 5.41) is 3.73. The Morgan fingerprint density at radius 2 is 2.21 bits per heavy atom. The van der Waals surface area contributed by atoms with Gasteiger partial charge in [-0.1, -0.05) is 24.3 Å². The Morgan fingerprint density at radius 1 is 1.36 bits per heavy atom. The van der Waals surface area contributed by atoms with Gasteiger partial charge in [-0.25, -0.2) is 0 Å². The van der Waals surface area contributed by atoms with Crippen LogP contribution in [-0.2, 0) is 5.54 Å². The summed E-state index contributed by atoms with van der Waals surface area (Å²) in [6.07, 6.45) is 4.11. The Kier molecular flexibility index (Phi) is 1.72. The van der Waals surface area contributed by atoms with Crippen molar-refractivity contribution in [1.29, 1.82) is 0 Å². The molecule has 2 fully saturated rings. The van der Waals surface area contributed by atoms with Crippen LogP contribution >= 0.6 is 0 Å². The fraction of sp³-hybridized carbons (Fsp3) is 0.538. The number of rotatable bonds is 1. The van der Waals surface area contributed by atoms with Gasteiger partial charge >= 0.3 is 0 Å². The SMILES string of the molecule is Cc1ccccc1C12CCC(CN1)C2. The van der Waals surface area contributed by atoms with Crippen molar-refractivity contribution in [2.75, 3.05) is 6.54 Å². The summed E-state index contributed by atoms with van der Waals surface area (Å²) in [7, 11) is 0. The van der Waals surface area contributed by atoms with E-state index in [0.717, 1.165) is 5.92 Å². The molecular formula is C13H17N. The van der Waals surface area contributed by atoms with E-state index in [2.05, 4.69) is 36.5 Å². The van der Waals surface area contributed by atoms with Gasteiger partial charge < -0.3 is 5.32 Å². The summed E-state index contributed by atoms with van der Waals surface area (Å²) in [6.45, 7) is 3.46. The highest BCUT2D eigenvalue weighted by Gasteiger charge is 2.45. The smallest absolute Gasteiger partial charge is 0.0440 e. The number of nitrogens with one attached hydrogen (secondary N) is 1. The molecule has 1 heterocycles. The third-order valence-electron chi connectivity index (χ3n) is 4.01. The standard InChI is InChI=1S/C13H17N/c1-10-4-2-3-5-12(10)13-7-6-11(8-13)9-14-13/h2-5,11,14H,6-9H2,1H3. The van der Waals surface area contributed by atoms with Crippen molar-refractivity contribution in [2.24, 2.45) is 5.92 Å². The van der Waals surface area contributed by atoms with Gasteiger partial charge in [0.15, 0.2) is 0 Å². The van der Waals surface area contributed by atoms with Crippen LogP contribution in [-0.4, -0.2) is 6.54 Å². The second-order valence-corrected chi connectivity index (χ2v) is 4.89. The summed E-state index contributed by atoms with van der Waals surface area (Å²) in [5.41, 5.74) is 3.33. The maximum absolute atomic E-state index is 3.73. The van der Waals surface area contributed by atoms with E-state index in [0.29, 0.717) is 5.54 Å². The molecule has 1 aromatic carbocycles. The number of piperidine rings is 1. The molecule has 3 rings (SSSR count). The average Bonchev–Trinajstić information content (AvgIpc) is 2.79. The molecule has 1 nitrogen and oxygen atoms in total. The van der Waals surface area contributed by atoms with Crippen LogP contribution in [0.3, 0.4) is 0 Å². The molecule has 1 N–H and O–H groups in total. The molecule has 2 atom stereocenters. The summed E-state index contributed by atoms with van der Waals surface area (Å²) in [6, 6.07) is 8.84. The van der Waals surface area contributed by atoms with Crippen molar-refractivity contribution in [3.8, 4) is 0 Å². The van der Waals surface area contributed by atoms with E-state index in [9.17, 15) is 0 Å². The molecule has 14 heavy (non-hydrogen) atoms. The first-order valence-corrected chi connectivity index (χ1v) is 5.61. The van der Waals surface area contributed by atoms with Crippen molar-refractivity contribution >= 4 is 0 Å². The zero-order valence-corrected chi connectivity index (χ0v) is 8.72. The van der Waals surface area contributed by atoms with Crippen LogP contribution in [0.5, 0.6) is 0 Å². The molecule has 0 aromatic heterocycles. The first-order chi connectivity index (χ1) is 6.80. The van der Waals surface area contributed by atoms with Crippen molar-refractivity contribution in [3.05, 3.63) is 35.4 Å². The van der Waals surface area contributed by atoms with Gasteiger partial charge in [0.2, 0.25) is 0 Å². The molecule has 1 aromatic rings. The van der Waals surface area contributed by atoms with Gasteiger partial charge in [-0.2, -0.15) is 0 Å². The van der Waals surface area contributed by atoms with Crippen molar-refractivity contribution < 1.29 is 0 Å². The maximum Gasteiger partial charge on any atom is 0.0440 e. The van der Waals surface area contributed by atoms with Crippen LogP contribution in [0.25, 0.3) is 0 Å². The van der Waals surface area contributed by atoms with Crippen molar-refractivity contribution in [1.82, 2.24) is 5.32 Å². The fourth-order valence-electron chi connectivity index (χ4n) is 3.27. The van der Waals surface area contributed by atoms with E-state index < -0.39 is 0 Å². The van der Waals surface area contributed by atoms with Gasteiger partial charge in [0.05, 0.1) is 0 Å². The first-order valence-electron chi connectivity index (χ1n) is 5.61. The lowest BCUT2D eigenvalue weighted by Crippen LogP contribution is -2.37. The largest absolute Gasteiger partial charge is 0.307 e. The van der Waals surface area contributed by atoms with Crippen LogP contribution in [0.15, 0.2) is 24.3 Å².